The van der Waals surface area contributed by atoms with Crippen LogP contribution in [-0.2, 0) is 0 Å². The summed E-state index contributed by atoms with van der Waals surface area (Å²) in [7, 11) is 0. The first-order valence-corrected chi connectivity index (χ1v) is 7.90. The Kier molecular flexibility index (Phi) is 4.65. The van der Waals surface area contributed by atoms with Crippen molar-refractivity contribution in [3.63, 3.8) is 0 Å². The Morgan fingerprint density at radius 2 is 1.80 bits per heavy atom. The molecule has 3 aromatic carbocycles. The fourth-order valence-electron chi connectivity index (χ4n) is 2.50. The summed E-state index contributed by atoms with van der Waals surface area (Å²) in [6.45, 7) is 3.79. The van der Waals surface area contributed by atoms with Gasteiger partial charge in [-0.25, -0.2) is 8.78 Å². The van der Waals surface area contributed by atoms with E-state index in [1.54, 1.807) is 30.3 Å². The first-order chi connectivity index (χ1) is 11.9. The number of amides is 1. The minimum atomic E-state index is -0.967. The first kappa shape index (κ1) is 16.9. The van der Waals surface area contributed by atoms with Gasteiger partial charge in [0.25, 0.3) is 5.91 Å². The number of carbonyl (C=O) groups is 1. The third kappa shape index (κ3) is 3.76. The van der Waals surface area contributed by atoms with Crippen LogP contribution in [0.1, 0.15) is 24.2 Å². The summed E-state index contributed by atoms with van der Waals surface area (Å²) < 4.78 is 32.1. The van der Waals surface area contributed by atoms with E-state index >= 15 is 0 Å². The number of ether oxygens (including phenoxy) is 1. The maximum Gasteiger partial charge on any atom is 0.251 e. The van der Waals surface area contributed by atoms with E-state index < -0.39 is 11.6 Å². The molecule has 0 heterocycles. The smallest absolute Gasteiger partial charge is 0.251 e. The van der Waals surface area contributed by atoms with Crippen LogP contribution in [0.2, 0.25) is 0 Å². The zero-order chi connectivity index (χ0) is 18.0. The molecule has 0 aromatic heterocycles. The summed E-state index contributed by atoms with van der Waals surface area (Å²) in [5.74, 6) is -1.34. The Bertz CT molecular complexity index is 938. The number of carbonyl (C=O) groups excluding carboxylic acids is 1. The third-order valence-corrected chi connectivity index (χ3v) is 3.64. The van der Waals surface area contributed by atoms with Crippen molar-refractivity contribution in [3.05, 3.63) is 71.8 Å². The molecule has 0 saturated heterocycles. The van der Waals surface area contributed by atoms with Gasteiger partial charge in [0, 0.05) is 23.1 Å². The maximum absolute atomic E-state index is 13.3. The predicted molar refractivity (Wildman–Crippen MR) is 93.0 cm³/mol. The van der Waals surface area contributed by atoms with E-state index in [2.05, 4.69) is 5.32 Å². The van der Waals surface area contributed by atoms with Crippen molar-refractivity contribution in [2.45, 2.75) is 19.9 Å². The predicted octanol–water partition coefficient (Wildman–Crippen LogP) is 5.05. The molecule has 0 aliphatic heterocycles. The molecule has 0 radical (unpaired) electrons. The minimum Gasteiger partial charge on any atom is -0.457 e. The van der Waals surface area contributed by atoms with Gasteiger partial charge in [-0.1, -0.05) is 12.1 Å². The molecular weight excluding hydrogens is 324 g/mol. The van der Waals surface area contributed by atoms with Crippen LogP contribution in [0, 0.1) is 11.6 Å². The first-order valence-electron chi connectivity index (χ1n) is 7.90. The molecule has 5 heteroatoms. The highest BCUT2D eigenvalue weighted by Crippen LogP contribution is 2.31. The Hall–Kier alpha value is -2.95. The van der Waals surface area contributed by atoms with Crippen molar-refractivity contribution in [3.8, 4) is 11.5 Å². The Morgan fingerprint density at radius 3 is 2.52 bits per heavy atom. The van der Waals surface area contributed by atoms with Gasteiger partial charge in [0.1, 0.15) is 11.5 Å². The second kappa shape index (κ2) is 6.89. The van der Waals surface area contributed by atoms with E-state index in [1.807, 2.05) is 19.9 Å². The van der Waals surface area contributed by atoms with Crippen LogP contribution in [0.3, 0.4) is 0 Å². The number of fused-ring (bicyclic) bond motifs is 1. The molecule has 3 aromatic rings. The monoisotopic (exact) mass is 341 g/mol. The molecule has 1 N–H and O–H groups in total. The fraction of sp³-hybridized carbons (Fsp3) is 0.150. The molecule has 0 unspecified atom stereocenters. The molecule has 3 rings (SSSR count). The Balaban J connectivity index is 1.94. The van der Waals surface area contributed by atoms with Gasteiger partial charge in [0.05, 0.1) is 0 Å². The van der Waals surface area contributed by atoms with Crippen molar-refractivity contribution in [2.75, 3.05) is 0 Å². The molecular formula is C20H17F2NO2. The number of rotatable bonds is 4. The Labute approximate surface area is 144 Å². The van der Waals surface area contributed by atoms with Crippen molar-refractivity contribution < 1.29 is 18.3 Å². The van der Waals surface area contributed by atoms with E-state index in [0.29, 0.717) is 11.3 Å². The molecule has 0 aliphatic rings. The molecule has 0 bridgehead atoms. The van der Waals surface area contributed by atoms with Crippen LogP contribution in [0.25, 0.3) is 10.8 Å². The van der Waals surface area contributed by atoms with Gasteiger partial charge >= 0.3 is 0 Å². The van der Waals surface area contributed by atoms with Gasteiger partial charge in [-0.3, -0.25) is 4.79 Å². The van der Waals surface area contributed by atoms with Crippen molar-refractivity contribution in [1.82, 2.24) is 5.32 Å². The van der Waals surface area contributed by atoms with E-state index in [4.69, 9.17) is 4.74 Å². The number of nitrogens with one attached hydrogen (secondary N) is 1. The SMILES string of the molecule is CC(C)NC(=O)c1ccc2c(Oc3ccc(F)c(F)c3)cccc2c1. The van der Waals surface area contributed by atoms with Gasteiger partial charge in [0.15, 0.2) is 11.6 Å². The van der Waals surface area contributed by atoms with Gasteiger partial charge in [-0.15, -0.1) is 0 Å². The quantitative estimate of drug-likeness (QED) is 0.721. The van der Waals surface area contributed by atoms with Crippen molar-refractivity contribution in [1.29, 1.82) is 0 Å². The molecule has 3 nitrogen and oxygen atoms in total. The summed E-state index contributed by atoms with van der Waals surface area (Å²) in [4.78, 5) is 12.1. The van der Waals surface area contributed by atoms with Crippen LogP contribution >= 0.6 is 0 Å². The standard InChI is InChI=1S/C20H17F2NO2/c1-12(2)23-20(24)14-6-8-16-13(10-14)4-3-5-19(16)25-15-7-9-17(21)18(22)11-15/h3-12H,1-2H3,(H,23,24). The molecule has 0 spiro atoms. The number of benzene rings is 3. The highest BCUT2D eigenvalue weighted by Gasteiger charge is 2.11. The highest BCUT2D eigenvalue weighted by molar-refractivity contribution is 6.00. The van der Waals surface area contributed by atoms with E-state index in [0.717, 1.165) is 22.9 Å². The molecule has 128 valence electrons. The van der Waals surface area contributed by atoms with Gasteiger partial charge in [-0.05, 0) is 55.6 Å². The van der Waals surface area contributed by atoms with Gasteiger partial charge in [-0.2, -0.15) is 0 Å². The topological polar surface area (TPSA) is 38.3 Å². The van der Waals surface area contributed by atoms with Crippen LogP contribution in [0.5, 0.6) is 11.5 Å². The second-order valence-electron chi connectivity index (χ2n) is 6.00. The molecule has 25 heavy (non-hydrogen) atoms. The average molecular weight is 341 g/mol. The largest absolute Gasteiger partial charge is 0.457 e. The Morgan fingerprint density at radius 1 is 1.00 bits per heavy atom. The zero-order valence-corrected chi connectivity index (χ0v) is 13.8. The average Bonchev–Trinajstić information content (AvgIpc) is 2.57. The normalized spacial score (nSPS) is 10.9. The summed E-state index contributed by atoms with van der Waals surface area (Å²) in [5.41, 5.74) is 0.547. The summed E-state index contributed by atoms with van der Waals surface area (Å²) in [6.07, 6.45) is 0. The lowest BCUT2D eigenvalue weighted by Gasteiger charge is -2.11. The summed E-state index contributed by atoms with van der Waals surface area (Å²) >= 11 is 0. The molecule has 1 amide bonds. The van der Waals surface area contributed by atoms with Crippen LogP contribution in [0.15, 0.2) is 54.6 Å². The highest BCUT2D eigenvalue weighted by atomic mass is 19.2. The van der Waals surface area contributed by atoms with Crippen molar-refractivity contribution in [2.24, 2.45) is 0 Å². The van der Waals surface area contributed by atoms with E-state index in [-0.39, 0.29) is 17.7 Å². The van der Waals surface area contributed by atoms with Crippen LogP contribution in [0.4, 0.5) is 8.78 Å². The number of hydrogen-bond acceptors (Lipinski definition) is 2. The molecule has 0 saturated carbocycles. The second-order valence-corrected chi connectivity index (χ2v) is 6.00. The number of halogens is 2. The van der Waals surface area contributed by atoms with E-state index in [9.17, 15) is 13.6 Å². The molecule has 0 aliphatic carbocycles. The number of hydrogen-bond donors (Lipinski definition) is 1. The molecule has 0 fully saturated rings. The molecule has 0 atom stereocenters. The van der Waals surface area contributed by atoms with Gasteiger partial charge in [0.2, 0.25) is 0 Å². The lowest BCUT2D eigenvalue weighted by Crippen LogP contribution is -2.29. The van der Waals surface area contributed by atoms with Crippen molar-refractivity contribution >= 4 is 16.7 Å². The summed E-state index contributed by atoms with van der Waals surface area (Å²) in [6, 6.07) is 14.1. The van der Waals surface area contributed by atoms with E-state index in [1.165, 1.54) is 6.07 Å². The lowest BCUT2D eigenvalue weighted by molar-refractivity contribution is 0.0943. The lowest BCUT2D eigenvalue weighted by atomic mass is 10.1. The summed E-state index contributed by atoms with van der Waals surface area (Å²) in [5, 5.41) is 4.43. The fourth-order valence-corrected chi connectivity index (χ4v) is 2.50. The third-order valence-electron chi connectivity index (χ3n) is 3.64. The van der Waals surface area contributed by atoms with Gasteiger partial charge < -0.3 is 10.1 Å². The minimum absolute atomic E-state index is 0.0474. The zero-order valence-electron chi connectivity index (χ0n) is 13.8. The van der Waals surface area contributed by atoms with Crippen LogP contribution in [-0.4, -0.2) is 11.9 Å². The van der Waals surface area contributed by atoms with Crippen LogP contribution < -0.4 is 10.1 Å². The maximum atomic E-state index is 13.3.